The van der Waals surface area contributed by atoms with Crippen LogP contribution < -0.4 is 10.1 Å². The lowest BCUT2D eigenvalue weighted by Gasteiger charge is -2.27. The number of carbonyl (C=O) groups is 1. The van der Waals surface area contributed by atoms with E-state index >= 15 is 0 Å². The first kappa shape index (κ1) is 19.0. The molecule has 1 aromatic carbocycles. The second kappa shape index (κ2) is 8.78. The second-order valence-corrected chi connectivity index (χ2v) is 7.96. The Labute approximate surface area is 166 Å². The van der Waals surface area contributed by atoms with Gasteiger partial charge in [0, 0.05) is 24.3 Å². The maximum absolute atomic E-state index is 12.3. The number of hydrogen-bond donors (Lipinski definition) is 2. The van der Waals surface area contributed by atoms with Crippen molar-refractivity contribution in [1.29, 1.82) is 0 Å². The van der Waals surface area contributed by atoms with Crippen LogP contribution in [0.25, 0.3) is 0 Å². The summed E-state index contributed by atoms with van der Waals surface area (Å²) in [4.78, 5) is 12.3. The summed E-state index contributed by atoms with van der Waals surface area (Å²) in [5, 5.41) is 10.3. The zero-order valence-corrected chi connectivity index (χ0v) is 16.4. The van der Waals surface area contributed by atoms with E-state index in [9.17, 15) is 4.79 Å². The Morgan fingerprint density at radius 1 is 1.25 bits per heavy atom. The molecule has 6 nitrogen and oxygen atoms in total. The van der Waals surface area contributed by atoms with Gasteiger partial charge in [0.05, 0.1) is 19.6 Å². The van der Waals surface area contributed by atoms with E-state index in [-0.39, 0.29) is 5.91 Å². The number of nitrogens with one attached hydrogen (secondary N) is 2. The molecular weight excluding hydrogens is 354 g/mol. The first-order valence-electron chi connectivity index (χ1n) is 10.3. The average molecular weight is 383 g/mol. The Morgan fingerprint density at radius 3 is 2.86 bits per heavy atom. The van der Waals surface area contributed by atoms with Crippen LogP contribution in [0.2, 0.25) is 0 Å². The molecule has 1 amide bonds. The fraction of sp³-hybridized carbons (Fsp3) is 0.545. The molecule has 0 bridgehead atoms. The first-order chi connectivity index (χ1) is 13.7. The van der Waals surface area contributed by atoms with E-state index in [0.29, 0.717) is 30.2 Å². The van der Waals surface area contributed by atoms with Gasteiger partial charge in [-0.15, -0.1) is 0 Å². The molecule has 1 saturated heterocycles. The Morgan fingerprint density at radius 2 is 2.11 bits per heavy atom. The number of nitrogens with zero attached hydrogens (tertiary/aromatic N) is 1. The first-order valence-corrected chi connectivity index (χ1v) is 10.3. The van der Waals surface area contributed by atoms with Crippen molar-refractivity contribution in [3.05, 3.63) is 41.6 Å². The van der Waals surface area contributed by atoms with Gasteiger partial charge >= 0.3 is 0 Å². The van der Waals surface area contributed by atoms with Crippen LogP contribution in [0.15, 0.2) is 30.3 Å². The number of ether oxygens (including phenoxy) is 2. The standard InChI is InChI=1S/C22H29N3O3/c1-27-18-9-5-15(6-10-18)12-22(26)23-21-14-19(24-25-21)16-7-8-17(13-16)20-4-2-3-11-28-20/h5-6,9-10,14,16-17,20H,2-4,7-8,11-13H2,1H3,(H2,23,24,25,26). The van der Waals surface area contributed by atoms with Gasteiger partial charge in [0.15, 0.2) is 5.82 Å². The summed E-state index contributed by atoms with van der Waals surface area (Å²) in [6.07, 6.45) is 7.97. The third-order valence-corrected chi connectivity index (χ3v) is 6.04. The number of aromatic amines is 1. The van der Waals surface area contributed by atoms with Gasteiger partial charge in [-0.3, -0.25) is 9.89 Å². The molecule has 2 aliphatic rings. The molecule has 1 aromatic heterocycles. The summed E-state index contributed by atoms with van der Waals surface area (Å²) in [5.41, 5.74) is 2.07. The monoisotopic (exact) mass is 383 g/mol. The topological polar surface area (TPSA) is 76.2 Å². The summed E-state index contributed by atoms with van der Waals surface area (Å²) in [7, 11) is 1.63. The van der Waals surface area contributed by atoms with Crippen molar-refractivity contribution in [2.75, 3.05) is 19.0 Å². The van der Waals surface area contributed by atoms with Gasteiger partial charge in [-0.25, -0.2) is 0 Å². The molecule has 2 aromatic rings. The van der Waals surface area contributed by atoms with Crippen LogP contribution in [0.3, 0.4) is 0 Å². The molecule has 3 unspecified atom stereocenters. The van der Waals surface area contributed by atoms with Gasteiger partial charge in [-0.2, -0.15) is 5.10 Å². The Balaban J connectivity index is 1.29. The number of aromatic nitrogens is 2. The number of anilines is 1. The van der Waals surface area contributed by atoms with Gasteiger partial charge in [0.1, 0.15) is 5.75 Å². The van der Waals surface area contributed by atoms with Crippen LogP contribution in [0.1, 0.15) is 55.7 Å². The van der Waals surface area contributed by atoms with Gasteiger partial charge in [0.2, 0.25) is 5.91 Å². The van der Waals surface area contributed by atoms with Crippen molar-refractivity contribution in [3.63, 3.8) is 0 Å². The van der Waals surface area contributed by atoms with Crippen LogP contribution in [-0.4, -0.2) is 35.9 Å². The summed E-state index contributed by atoms with van der Waals surface area (Å²) >= 11 is 0. The quantitative estimate of drug-likeness (QED) is 0.789. The fourth-order valence-corrected chi connectivity index (χ4v) is 4.50. The van der Waals surface area contributed by atoms with Crippen LogP contribution in [-0.2, 0) is 16.0 Å². The molecule has 0 radical (unpaired) electrons. The van der Waals surface area contributed by atoms with Crippen molar-refractivity contribution >= 4 is 11.7 Å². The van der Waals surface area contributed by atoms with E-state index in [2.05, 4.69) is 15.5 Å². The highest BCUT2D eigenvalue weighted by Gasteiger charge is 2.33. The van der Waals surface area contributed by atoms with Crippen molar-refractivity contribution in [3.8, 4) is 5.75 Å². The fourth-order valence-electron chi connectivity index (χ4n) is 4.50. The Kier molecular flexibility index (Phi) is 5.95. The SMILES string of the molecule is COc1ccc(CC(=O)Nc2cc(C3CCC(C4CCCCO4)C3)[nH]n2)cc1. The number of rotatable bonds is 6. The van der Waals surface area contributed by atoms with E-state index < -0.39 is 0 Å². The molecule has 2 heterocycles. The minimum Gasteiger partial charge on any atom is -0.497 e. The number of H-pyrrole nitrogens is 1. The van der Waals surface area contributed by atoms with Gasteiger partial charge < -0.3 is 14.8 Å². The highest BCUT2D eigenvalue weighted by molar-refractivity contribution is 5.91. The third-order valence-electron chi connectivity index (χ3n) is 6.04. The number of hydrogen-bond acceptors (Lipinski definition) is 4. The maximum atomic E-state index is 12.3. The van der Waals surface area contributed by atoms with Crippen molar-refractivity contribution in [2.24, 2.45) is 5.92 Å². The maximum Gasteiger partial charge on any atom is 0.229 e. The van der Waals surface area contributed by atoms with Crippen LogP contribution in [0.5, 0.6) is 5.75 Å². The zero-order chi connectivity index (χ0) is 19.3. The zero-order valence-electron chi connectivity index (χ0n) is 16.4. The highest BCUT2D eigenvalue weighted by atomic mass is 16.5. The average Bonchev–Trinajstić information content (AvgIpc) is 3.39. The van der Waals surface area contributed by atoms with E-state index in [1.165, 1.54) is 25.7 Å². The van der Waals surface area contributed by atoms with E-state index in [1.807, 2.05) is 30.3 Å². The minimum atomic E-state index is -0.0666. The van der Waals surface area contributed by atoms with Crippen molar-refractivity contribution in [1.82, 2.24) is 10.2 Å². The summed E-state index contributed by atoms with van der Waals surface area (Å²) in [5.74, 6) is 2.46. The molecule has 2 fully saturated rings. The summed E-state index contributed by atoms with van der Waals surface area (Å²) in [6, 6.07) is 9.52. The molecule has 28 heavy (non-hydrogen) atoms. The number of amides is 1. The van der Waals surface area contributed by atoms with Gasteiger partial charge in [-0.1, -0.05) is 12.1 Å². The molecule has 0 spiro atoms. The number of benzene rings is 1. The van der Waals surface area contributed by atoms with Crippen LogP contribution in [0.4, 0.5) is 5.82 Å². The highest BCUT2D eigenvalue weighted by Crippen LogP contribution is 2.42. The molecule has 1 aliphatic carbocycles. The van der Waals surface area contributed by atoms with Crippen molar-refractivity contribution < 1.29 is 14.3 Å². The second-order valence-electron chi connectivity index (χ2n) is 7.96. The van der Waals surface area contributed by atoms with Gasteiger partial charge in [-0.05, 0) is 62.1 Å². The van der Waals surface area contributed by atoms with E-state index in [1.54, 1.807) is 7.11 Å². The lowest BCUT2D eigenvalue weighted by atomic mass is 9.93. The normalized spacial score (nSPS) is 24.8. The lowest BCUT2D eigenvalue weighted by molar-refractivity contribution is -0.115. The molecule has 150 valence electrons. The molecule has 1 aliphatic heterocycles. The number of methoxy groups -OCH3 is 1. The van der Waals surface area contributed by atoms with Crippen molar-refractivity contribution in [2.45, 2.75) is 57.0 Å². The predicted octanol–water partition coefficient (Wildman–Crippen LogP) is 4.05. The third kappa shape index (κ3) is 4.55. The van der Waals surface area contributed by atoms with E-state index in [4.69, 9.17) is 9.47 Å². The molecule has 6 heteroatoms. The molecule has 2 N–H and O–H groups in total. The van der Waals surface area contributed by atoms with Gasteiger partial charge in [0.25, 0.3) is 0 Å². The lowest BCUT2D eigenvalue weighted by Crippen LogP contribution is -2.26. The molecule has 3 atom stereocenters. The van der Waals surface area contributed by atoms with E-state index in [0.717, 1.165) is 36.5 Å². The predicted molar refractivity (Wildman–Crippen MR) is 108 cm³/mol. The molecule has 4 rings (SSSR count). The summed E-state index contributed by atoms with van der Waals surface area (Å²) in [6.45, 7) is 0.917. The Hall–Kier alpha value is -2.34. The van der Waals surface area contributed by atoms with Crippen LogP contribution >= 0.6 is 0 Å². The number of carbonyl (C=O) groups excluding carboxylic acids is 1. The van der Waals surface area contributed by atoms with Crippen LogP contribution in [0, 0.1) is 5.92 Å². The summed E-state index contributed by atoms with van der Waals surface area (Å²) < 4.78 is 11.1. The molecule has 1 saturated carbocycles. The molecular formula is C22H29N3O3. The largest absolute Gasteiger partial charge is 0.497 e. The smallest absolute Gasteiger partial charge is 0.229 e. The Bertz CT molecular complexity index is 781. The minimum absolute atomic E-state index is 0.0666.